The highest BCUT2D eigenvalue weighted by Gasteiger charge is 2.18. The Morgan fingerprint density at radius 2 is 0.804 bits per heavy atom. The predicted octanol–water partition coefficient (Wildman–Crippen LogP) is 12.3. The van der Waals surface area contributed by atoms with Crippen LogP contribution in [-0.4, -0.2) is 19.1 Å². The van der Waals surface area contributed by atoms with Gasteiger partial charge >= 0.3 is 0 Å². The topological polar surface area (TPSA) is 35.6 Å². The Labute approximate surface area is 299 Å². The Morgan fingerprint density at radius 1 is 0.353 bits per heavy atom. The summed E-state index contributed by atoms with van der Waals surface area (Å²) >= 11 is 6.27. The molecule has 0 fully saturated rings. The molecule has 0 unspecified atom stereocenters. The zero-order valence-electron chi connectivity index (χ0n) is 27.4. The van der Waals surface area contributed by atoms with Crippen LogP contribution < -0.4 is 0 Å². The number of nitrogens with zero attached hydrogens (tertiary/aromatic N) is 4. The number of rotatable bonds is 5. The fourth-order valence-electron chi connectivity index (χ4n) is 7.44. The average Bonchev–Trinajstić information content (AvgIpc) is 3.71. The largest absolute Gasteiger partial charge is 0.309 e. The monoisotopic (exact) mass is 672 g/mol. The summed E-state index contributed by atoms with van der Waals surface area (Å²) in [6.07, 6.45) is 0. The Hall–Kier alpha value is -6.49. The van der Waals surface area contributed by atoms with Gasteiger partial charge in [0.25, 0.3) is 0 Å². The van der Waals surface area contributed by atoms with Crippen LogP contribution in [0.5, 0.6) is 0 Å². The van der Waals surface area contributed by atoms with Crippen LogP contribution in [0, 0.1) is 0 Å². The fourth-order valence-corrected chi connectivity index (χ4v) is 7.56. The normalized spacial score (nSPS) is 11.6. The summed E-state index contributed by atoms with van der Waals surface area (Å²) in [5.41, 5.74) is 11.7. The second-order valence-corrected chi connectivity index (χ2v) is 13.3. The molecule has 5 heteroatoms. The maximum atomic E-state index is 6.27. The molecule has 3 heterocycles. The molecule has 0 radical (unpaired) electrons. The van der Waals surface area contributed by atoms with E-state index in [0.29, 0.717) is 11.0 Å². The van der Waals surface area contributed by atoms with Crippen molar-refractivity contribution in [3.05, 3.63) is 181 Å². The number of fused-ring (bicyclic) bond motifs is 6. The van der Waals surface area contributed by atoms with Crippen molar-refractivity contribution in [2.75, 3.05) is 0 Å². The minimum atomic E-state index is 0.621. The lowest BCUT2D eigenvalue weighted by Crippen LogP contribution is -2.04. The fraction of sp³-hybridized carbons (Fsp3) is 0. The van der Waals surface area contributed by atoms with Crippen LogP contribution in [0.25, 0.3) is 88.9 Å². The van der Waals surface area contributed by atoms with Gasteiger partial charge in [0.05, 0.1) is 33.5 Å². The molecule has 240 valence electrons. The molecule has 7 aromatic carbocycles. The van der Waals surface area contributed by atoms with Crippen molar-refractivity contribution < 1.29 is 0 Å². The van der Waals surface area contributed by atoms with Crippen molar-refractivity contribution in [2.24, 2.45) is 0 Å². The van der Waals surface area contributed by atoms with Gasteiger partial charge in [-0.2, -0.15) is 0 Å². The first-order chi connectivity index (χ1) is 25.2. The van der Waals surface area contributed by atoms with Gasteiger partial charge < -0.3 is 4.57 Å². The van der Waals surface area contributed by atoms with E-state index < -0.39 is 0 Å². The highest BCUT2D eigenvalue weighted by molar-refractivity contribution is 6.30. The number of benzene rings is 7. The lowest BCUT2D eigenvalue weighted by Gasteiger charge is -2.12. The highest BCUT2D eigenvalue weighted by atomic mass is 35.5. The van der Waals surface area contributed by atoms with Crippen molar-refractivity contribution in [1.82, 2.24) is 19.1 Å². The van der Waals surface area contributed by atoms with E-state index in [1.165, 1.54) is 27.4 Å². The van der Waals surface area contributed by atoms with Gasteiger partial charge in [0.15, 0.2) is 0 Å². The van der Waals surface area contributed by atoms with E-state index in [4.69, 9.17) is 21.6 Å². The summed E-state index contributed by atoms with van der Waals surface area (Å²) in [5, 5.41) is 5.46. The third-order valence-corrected chi connectivity index (χ3v) is 10.1. The molecule has 0 aliphatic carbocycles. The molecule has 10 aromatic rings. The summed E-state index contributed by atoms with van der Waals surface area (Å²) in [6, 6.07) is 61.5. The van der Waals surface area contributed by atoms with E-state index in [2.05, 4.69) is 143 Å². The van der Waals surface area contributed by atoms with Gasteiger partial charge in [-0.15, -0.1) is 0 Å². The average molecular weight is 673 g/mol. The molecule has 0 bridgehead atoms. The van der Waals surface area contributed by atoms with Crippen molar-refractivity contribution in [2.45, 2.75) is 0 Å². The van der Waals surface area contributed by atoms with Gasteiger partial charge in [0, 0.05) is 43.4 Å². The first-order valence-corrected chi connectivity index (χ1v) is 17.4. The quantitative estimate of drug-likeness (QED) is 0.182. The summed E-state index contributed by atoms with van der Waals surface area (Å²) in [6.45, 7) is 0. The number of hydrogen-bond donors (Lipinski definition) is 0. The first kappa shape index (κ1) is 29.4. The minimum Gasteiger partial charge on any atom is -0.309 e. The van der Waals surface area contributed by atoms with Crippen molar-refractivity contribution in [1.29, 1.82) is 0 Å². The van der Waals surface area contributed by atoms with Crippen LogP contribution >= 0.6 is 11.6 Å². The third kappa shape index (κ3) is 4.91. The van der Waals surface area contributed by atoms with E-state index in [1.807, 2.05) is 42.5 Å². The zero-order valence-corrected chi connectivity index (χ0v) is 28.2. The van der Waals surface area contributed by atoms with Gasteiger partial charge in [0.1, 0.15) is 0 Å². The lowest BCUT2D eigenvalue weighted by atomic mass is 10.0. The standard InChI is InChI=1S/C46H29ClN4/c47-34-23-19-31(20-24-34)41-29-40(30-11-3-1-4-12-30)48-46(49-41)51-43-18-10-8-16-37(43)39-28-33(22-26-45(39)51)32-21-25-44-38(27-32)36-15-7-9-17-42(36)50(44)35-13-5-2-6-14-35/h1-29H. The van der Waals surface area contributed by atoms with Gasteiger partial charge in [-0.1, -0.05) is 121 Å². The predicted molar refractivity (Wildman–Crippen MR) is 212 cm³/mol. The number of hydrogen-bond acceptors (Lipinski definition) is 2. The summed E-state index contributed by atoms with van der Waals surface area (Å²) < 4.78 is 4.55. The lowest BCUT2D eigenvalue weighted by molar-refractivity contribution is 0.995. The van der Waals surface area contributed by atoms with E-state index >= 15 is 0 Å². The molecule has 0 amide bonds. The van der Waals surface area contributed by atoms with Gasteiger partial charge in [-0.3, -0.25) is 4.57 Å². The smallest absolute Gasteiger partial charge is 0.235 e. The molecule has 51 heavy (non-hydrogen) atoms. The Balaban J connectivity index is 1.17. The van der Waals surface area contributed by atoms with Gasteiger partial charge in [-0.25, -0.2) is 9.97 Å². The molecule has 0 saturated heterocycles. The molecule has 0 aliphatic rings. The summed E-state index contributed by atoms with van der Waals surface area (Å²) in [4.78, 5) is 10.4. The van der Waals surface area contributed by atoms with Crippen LogP contribution in [-0.2, 0) is 0 Å². The molecular weight excluding hydrogens is 644 g/mol. The second kappa shape index (κ2) is 11.8. The number of aromatic nitrogens is 4. The van der Waals surface area contributed by atoms with E-state index in [0.717, 1.165) is 55.6 Å². The summed E-state index contributed by atoms with van der Waals surface area (Å²) in [5.74, 6) is 0.621. The molecule has 4 nitrogen and oxygen atoms in total. The first-order valence-electron chi connectivity index (χ1n) is 17.0. The summed E-state index contributed by atoms with van der Waals surface area (Å²) in [7, 11) is 0. The van der Waals surface area contributed by atoms with E-state index in [9.17, 15) is 0 Å². The molecule has 0 saturated carbocycles. The molecular formula is C46H29ClN4. The maximum Gasteiger partial charge on any atom is 0.235 e. The molecule has 0 atom stereocenters. The Morgan fingerprint density at radius 3 is 1.41 bits per heavy atom. The molecule has 0 aliphatic heterocycles. The molecule has 0 spiro atoms. The van der Waals surface area contributed by atoms with Crippen molar-refractivity contribution in [3.8, 4) is 45.3 Å². The SMILES string of the molecule is Clc1ccc(-c2cc(-c3ccccc3)nc(-n3c4ccccc4c4cc(-c5ccc6c(c5)c5ccccc5n6-c5ccccc5)ccc43)n2)cc1. The van der Waals surface area contributed by atoms with Crippen molar-refractivity contribution in [3.63, 3.8) is 0 Å². The van der Waals surface area contributed by atoms with E-state index in [1.54, 1.807) is 0 Å². The second-order valence-electron chi connectivity index (χ2n) is 12.8. The number of halogens is 1. The van der Waals surface area contributed by atoms with Crippen LogP contribution in [0.4, 0.5) is 0 Å². The van der Waals surface area contributed by atoms with Crippen LogP contribution in [0.3, 0.4) is 0 Å². The minimum absolute atomic E-state index is 0.621. The zero-order chi connectivity index (χ0) is 33.9. The molecule has 3 aromatic heterocycles. The Kier molecular flexibility index (Phi) is 6.83. The van der Waals surface area contributed by atoms with E-state index in [-0.39, 0.29) is 0 Å². The highest BCUT2D eigenvalue weighted by Crippen LogP contribution is 2.38. The molecule has 0 N–H and O–H groups in total. The molecule has 10 rings (SSSR count). The number of para-hydroxylation sites is 3. The van der Waals surface area contributed by atoms with Crippen LogP contribution in [0.1, 0.15) is 0 Å². The maximum absolute atomic E-state index is 6.27. The van der Waals surface area contributed by atoms with Crippen molar-refractivity contribution >= 4 is 55.2 Å². The van der Waals surface area contributed by atoms with Gasteiger partial charge in [0.2, 0.25) is 5.95 Å². The van der Waals surface area contributed by atoms with Gasteiger partial charge in [-0.05, 0) is 77.9 Å². The third-order valence-electron chi connectivity index (χ3n) is 9.82. The van der Waals surface area contributed by atoms with Crippen LogP contribution in [0.2, 0.25) is 5.02 Å². The Bertz CT molecular complexity index is 2910. The van der Waals surface area contributed by atoms with Crippen LogP contribution in [0.15, 0.2) is 176 Å².